The molecule has 1 aromatic carbocycles. The van der Waals surface area contributed by atoms with Crippen molar-refractivity contribution in [2.45, 2.75) is 33.2 Å². The second-order valence-electron chi connectivity index (χ2n) is 5.02. The van der Waals surface area contributed by atoms with Crippen molar-refractivity contribution in [3.63, 3.8) is 0 Å². The lowest BCUT2D eigenvalue weighted by Gasteiger charge is -2.11. The van der Waals surface area contributed by atoms with Gasteiger partial charge in [0.1, 0.15) is 5.75 Å². The number of aromatic nitrogens is 1. The minimum Gasteiger partial charge on any atom is -0.439 e. The topological polar surface area (TPSA) is 48.1 Å². The normalized spacial score (nSPS) is 10.8. The average molecular weight is 256 g/mol. The van der Waals surface area contributed by atoms with Gasteiger partial charge in [-0.3, -0.25) is 0 Å². The summed E-state index contributed by atoms with van der Waals surface area (Å²) in [5.74, 6) is 1.76. The number of benzene rings is 1. The molecule has 3 nitrogen and oxygen atoms in total. The van der Waals surface area contributed by atoms with Crippen LogP contribution in [0.2, 0.25) is 0 Å². The van der Waals surface area contributed by atoms with E-state index in [1.54, 1.807) is 0 Å². The molecule has 2 aromatic rings. The summed E-state index contributed by atoms with van der Waals surface area (Å²) in [4.78, 5) is 4.53. The van der Waals surface area contributed by atoms with Gasteiger partial charge < -0.3 is 10.5 Å². The quantitative estimate of drug-likeness (QED) is 0.906. The molecule has 1 heterocycles. The number of rotatable bonds is 4. The van der Waals surface area contributed by atoms with Crippen LogP contribution in [-0.4, -0.2) is 4.98 Å². The minimum atomic E-state index is 0.353. The van der Waals surface area contributed by atoms with Gasteiger partial charge >= 0.3 is 0 Å². The summed E-state index contributed by atoms with van der Waals surface area (Å²) in [7, 11) is 0. The van der Waals surface area contributed by atoms with Gasteiger partial charge in [0.25, 0.3) is 0 Å². The summed E-state index contributed by atoms with van der Waals surface area (Å²) >= 11 is 0. The zero-order valence-electron chi connectivity index (χ0n) is 11.7. The van der Waals surface area contributed by atoms with Crippen molar-refractivity contribution in [3.05, 3.63) is 53.2 Å². The Morgan fingerprint density at radius 1 is 1.21 bits per heavy atom. The summed E-state index contributed by atoms with van der Waals surface area (Å²) in [6.07, 6.45) is 0. The van der Waals surface area contributed by atoms with E-state index >= 15 is 0 Å². The van der Waals surface area contributed by atoms with Gasteiger partial charge in [0.2, 0.25) is 5.88 Å². The summed E-state index contributed by atoms with van der Waals surface area (Å²) in [5, 5.41) is 0. The predicted molar refractivity (Wildman–Crippen MR) is 77.5 cm³/mol. The van der Waals surface area contributed by atoms with Crippen LogP contribution in [0.5, 0.6) is 11.6 Å². The Bertz CT molecular complexity index is 564. The van der Waals surface area contributed by atoms with E-state index in [9.17, 15) is 0 Å². The highest BCUT2D eigenvalue weighted by Gasteiger charge is 2.07. The number of nitrogens with zero attached hydrogens (tertiary/aromatic N) is 1. The van der Waals surface area contributed by atoms with Crippen LogP contribution in [0.1, 0.15) is 36.6 Å². The van der Waals surface area contributed by atoms with Crippen molar-refractivity contribution >= 4 is 0 Å². The maximum atomic E-state index is 5.83. The van der Waals surface area contributed by atoms with Crippen LogP contribution in [0.3, 0.4) is 0 Å². The van der Waals surface area contributed by atoms with E-state index in [0.29, 0.717) is 18.3 Å². The monoisotopic (exact) mass is 256 g/mol. The summed E-state index contributed by atoms with van der Waals surface area (Å²) < 4.78 is 5.83. The van der Waals surface area contributed by atoms with Crippen LogP contribution in [0.15, 0.2) is 36.4 Å². The van der Waals surface area contributed by atoms with Gasteiger partial charge in [-0.05, 0) is 42.2 Å². The largest absolute Gasteiger partial charge is 0.439 e. The number of nitrogens with two attached hydrogens (primary N) is 1. The van der Waals surface area contributed by atoms with E-state index in [-0.39, 0.29) is 0 Å². The zero-order valence-corrected chi connectivity index (χ0v) is 11.7. The van der Waals surface area contributed by atoms with Gasteiger partial charge in [-0.25, -0.2) is 4.98 Å². The molecule has 3 heteroatoms. The minimum absolute atomic E-state index is 0.353. The number of aryl methyl sites for hydroxylation is 1. The molecule has 0 radical (unpaired) electrons. The van der Waals surface area contributed by atoms with E-state index in [2.05, 4.69) is 18.8 Å². The van der Waals surface area contributed by atoms with Crippen molar-refractivity contribution in [2.24, 2.45) is 5.73 Å². The first-order chi connectivity index (χ1) is 9.08. The molecule has 1 aromatic heterocycles. The Labute approximate surface area is 114 Å². The first-order valence-corrected chi connectivity index (χ1v) is 6.54. The second-order valence-corrected chi connectivity index (χ2v) is 5.02. The third-order valence-electron chi connectivity index (χ3n) is 2.92. The van der Waals surface area contributed by atoms with Gasteiger partial charge in [0.05, 0.1) is 0 Å². The van der Waals surface area contributed by atoms with Crippen molar-refractivity contribution in [1.29, 1.82) is 0 Å². The third kappa shape index (κ3) is 3.55. The summed E-state index contributed by atoms with van der Waals surface area (Å²) in [5.41, 5.74) is 8.93. The fourth-order valence-electron chi connectivity index (χ4n) is 1.85. The zero-order chi connectivity index (χ0) is 13.8. The van der Waals surface area contributed by atoms with E-state index in [1.807, 2.05) is 43.3 Å². The summed E-state index contributed by atoms with van der Waals surface area (Å²) in [6, 6.07) is 11.9. The molecule has 0 amide bonds. The van der Waals surface area contributed by atoms with E-state index in [4.69, 9.17) is 10.5 Å². The Morgan fingerprint density at radius 3 is 2.63 bits per heavy atom. The highest BCUT2D eigenvalue weighted by atomic mass is 16.5. The fraction of sp³-hybridized carbons (Fsp3) is 0.312. The molecule has 0 aliphatic heterocycles. The van der Waals surface area contributed by atoms with Crippen molar-refractivity contribution in [2.75, 3.05) is 0 Å². The smallest absolute Gasteiger partial charge is 0.219 e. The maximum absolute atomic E-state index is 5.83. The number of ether oxygens (including phenoxy) is 1. The summed E-state index contributed by atoms with van der Waals surface area (Å²) in [6.45, 7) is 6.75. The molecule has 0 saturated heterocycles. The van der Waals surface area contributed by atoms with Crippen LogP contribution in [0.25, 0.3) is 0 Å². The molecule has 0 bridgehead atoms. The number of hydrogen-bond acceptors (Lipinski definition) is 3. The lowest BCUT2D eigenvalue weighted by Crippen LogP contribution is -2.02. The molecular weight excluding hydrogens is 236 g/mol. The van der Waals surface area contributed by atoms with Crippen LogP contribution < -0.4 is 10.5 Å². The van der Waals surface area contributed by atoms with Gasteiger partial charge in [-0.15, -0.1) is 0 Å². The number of hydrogen-bond donors (Lipinski definition) is 1. The van der Waals surface area contributed by atoms with Crippen LogP contribution in [-0.2, 0) is 6.54 Å². The molecular formula is C16H20N2O. The van der Waals surface area contributed by atoms with Gasteiger partial charge in [0, 0.05) is 18.3 Å². The van der Waals surface area contributed by atoms with Gasteiger partial charge in [-0.2, -0.15) is 0 Å². The Morgan fingerprint density at radius 2 is 2.00 bits per heavy atom. The van der Waals surface area contributed by atoms with Gasteiger partial charge in [0.15, 0.2) is 0 Å². The maximum Gasteiger partial charge on any atom is 0.219 e. The molecule has 19 heavy (non-hydrogen) atoms. The molecule has 0 atom stereocenters. The molecule has 0 unspecified atom stereocenters. The fourth-order valence-corrected chi connectivity index (χ4v) is 1.85. The van der Waals surface area contributed by atoms with Crippen LogP contribution >= 0.6 is 0 Å². The van der Waals surface area contributed by atoms with Crippen molar-refractivity contribution < 1.29 is 4.74 Å². The molecule has 0 spiro atoms. The molecule has 2 rings (SSSR count). The van der Waals surface area contributed by atoms with Crippen molar-refractivity contribution in [3.8, 4) is 11.6 Å². The molecule has 0 aliphatic carbocycles. The first kappa shape index (κ1) is 13.6. The van der Waals surface area contributed by atoms with E-state index < -0.39 is 0 Å². The standard InChI is InChI=1S/C16H20N2O/c1-11(2)15-8-13(10-17)9-16(18-15)19-14-6-4-5-12(3)7-14/h4-9,11H,10,17H2,1-3H3. The Balaban J connectivity index is 2.31. The van der Waals surface area contributed by atoms with Crippen molar-refractivity contribution in [1.82, 2.24) is 4.98 Å². The highest BCUT2D eigenvalue weighted by Crippen LogP contribution is 2.24. The molecule has 100 valence electrons. The Kier molecular flexibility index (Phi) is 4.17. The lowest BCUT2D eigenvalue weighted by molar-refractivity contribution is 0.458. The highest BCUT2D eigenvalue weighted by molar-refractivity contribution is 5.33. The molecule has 0 aliphatic rings. The number of pyridine rings is 1. The molecule has 0 saturated carbocycles. The van der Waals surface area contributed by atoms with E-state index in [0.717, 1.165) is 22.6 Å². The average Bonchev–Trinajstić information content (AvgIpc) is 2.38. The Hall–Kier alpha value is -1.87. The third-order valence-corrected chi connectivity index (χ3v) is 2.92. The van der Waals surface area contributed by atoms with Crippen LogP contribution in [0.4, 0.5) is 0 Å². The van der Waals surface area contributed by atoms with Crippen LogP contribution in [0, 0.1) is 6.92 Å². The predicted octanol–water partition coefficient (Wildman–Crippen LogP) is 3.76. The molecule has 0 fully saturated rings. The van der Waals surface area contributed by atoms with E-state index in [1.165, 1.54) is 0 Å². The first-order valence-electron chi connectivity index (χ1n) is 6.54. The second kappa shape index (κ2) is 5.85. The SMILES string of the molecule is Cc1cccc(Oc2cc(CN)cc(C(C)C)n2)c1. The molecule has 2 N–H and O–H groups in total. The van der Waals surface area contributed by atoms with Gasteiger partial charge in [-0.1, -0.05) is 26.0 Å². The lowest BCUT2D eigenvalue weighted by atomic mass is 10.1.